The van der Waals surface area contributed by atoms with Crippen molar-refractivity contribution in [1.29, 1.82) is 0 Å². The number of amides is 2. The third-order valence-electron chi connectivity index (χ3n) is 6.25. The largest absolute Gasteiger partial charge is 0.408 e. The zero-order valence-electron chi connectivity index (χ0n) is 16.0. The van der Waals surface area contributed by atoms with E-state index in [0.717, 1.165) is 35.9 Å². The van der Waals surface area contributed by atoms with Gasteiger partial charge in [-0.05, 0) is 31.7 Å². The summed E-state index contributed by atoms with van der Waals surface area (Å²) in [4.78, 5) is 18.1. The Labute approximate surface area is 169 Å². The molecule has 1 spiro atoms. The Hall–Kier alpha value is -3.11. The fourth-order valence-electron chi connectivity index (χ4n) is 4.83. The van der Waals surface area contributed by atoms with Crippen LogP contribution in [0.2, 0.25) is 0 Å². The molecule has 8 nitrogen and oxygen atoms in total. The van der Waals surface area contributed by atoms with Crippen LogP contribution in [-0.4, -0.2) is 54.2 Å². The van der Waals surface area contributed by atoms with Crippen LogP contribution in [0.5, 0.6) is 0 Å². The maximum absolute atomic E-state index is 12.9. The number of aromatic amines is 1. The molecule has 4 heterocycles. The number of carbonyl (C=O) groups is 1. The molecule has 2 atom stereocenters. The minimum absolute atomic E-state index is 0.0663. The van der Waals surface area contributed by atoms with Gasteiger partial charge in [-0.2, -0.15) is 23.4 Å². The number of likely N-dealkylation sites (tertiary alicyclic amines) is 1. The average Bonchev–Trinajstić information content (AvgIpc) is 3.05. The first kappa shape index (κ1) is 18.9. The normalized spacial score (nSPS) is 24.0. The summed E-state index contributed by atoms with van der Waals surface area (Å²) >= 11 is 0. The maximum atomic E-state index is 12.9. The van der Waals surface area contributed by atoms with Gasteiger partial charge in [0.25, 0.3) is 0 Å². The maximum Gasteiger partial charge on any atom is 0.408 e. The first-order chi connectivity index (χ1) is 14.3. The molecule has 1 aliphatic heterocycles. The lowest BCUT2D eigenvalue weighted by Gasteiger charge is -2.36. The Balaban J connectivity index is 1.50. The van der Waals surface area contributed by atoms with Crippen molar-refractivity contribution in [1.82, 2.24) is 29.9 Å². The molecule has 5 rings (SSSR count). The minimum atomic E-state index is -4.37. The van der Waals surface area contributed by atoms with E-state index in [0.29, 0.717) is 28.8 Å². The zero-order chi connectivity index (χ0) is 21.1. The monoisotopic (exact) mass is 419 g/mol. The van der Waals surface area contributed by atoms with E-state index < -0.39 is 18.8 Å². The smallest absolute Gasteiger partial charge is 0.351 e. The summed E-state index contributed by atoms with van der Waals surface area (Å²) < 4.78 is 39.5. The number of nitrogens with one attached hydrogen (secondary N) is 1. The van der Waals surface area contributed by atoms with Crippen molar-refractivity contribution >= 4 is 16.9 Å². The van der Waals surface area contributed by atoms with E-state index in [2.05, 4.69) is 20.3 Å². The number of primary amides is 1. The lowest BCUT2D eigenvalue weighted by Crippen LogP contribution is -2.49. The Bertz CT molecular complexity index is 1120. The summed E-state index contributed by atoms with van der Waals surface area (Å²) in [6.07, 6.45) is 3.82. The minimum Gasteiger partial charge on any atom is -0.351 e. The number of pyridine rings is 1. The molecular formula is C19H20F3N7O. The molecule has 2 aliphatic rings. The third kappa shape index (κ3) is 2.99. The topological polar surface area (TPSA) is 106 Å². The highest BCUT2D eigenvalue weighted by atomic mass is 19.4. The van der Waals surface area contributed by atoms with Crippen molar-refractivity contribution in [2.45, 2.75) is 49.9 Å². The van der Waals surface area contributed by atoms with Gasteiger partial charge in [-0.25, -0.2) is 4.79 Å². The van der Waals surface area contributed by atoms with Crippen LogP contribution < -0.4 is 5.73 Å². The Morgan fingerprint density at radius 1 is 1.30 bits per heavy atom. The van der Waals surface area contributed by atoms with E-state index in [9.17, 15) is 18.0 Å². The van der Waals surface area contributed by atoms with E-state index >= 15 is 0 Å². The fraction of sp³-hybridized carbons (Fsp3) is 0.474. The van der Waals surface area contributed by atoms with Crippen molar-refractivity contribution in [3.63, 3.8) is 0 Å². The van der Waals surface area contributed by atoms with Crippen LogP contribution >= 0.6 is 0 Å². The van der Waals surface area contributed by atoms with E-state index in [4.69, 9.17) is 5.73 Å². The molecule has 1 saturated carbocycles. The number of aromatic nitrogens is 5. The number of urea groups is 1. The summed E-state index contributed by atoms with van der Waals surface area (Å²) in [7, 11) is 0. The number of fused-ring (bicyclic) bond motifs is 1. The molecular weight excluding hydrogens is 399 g/mol. The van der Waals surface area contributed by atoms with Crippen LogP contribution in [0.25, 0.3) is 22.3 Å². The number of piperidine rings is 1. The van der Waals surface area contributed by atoms with Gasteiger partial charge in [-0.15, -0.1) is 0 Å². The molecule has 2 unspecified atom stereocenters. The van der Waals surface area contributed by atoms with Crippen LogP contribution in [0.15, 0.2) is 24.7 Å². The number of rotatable bonds is 3. The molecule has 11 heteroatoms. The summed E-state index contributed by atoms with van der Waals surface area (Å²) in [6.45, 7) is -0.533. The second kappa shape index (κ2) is 6.44. The highest BCUT2D eigenvalue weighted by Crippen LogP contribution is 2.60. The van der Waals surface area contributed by atoms with Gasteiger partial charge in [-0.1, -0.05) is 0 Å². The summed E-state index contributed by atoms with van der Waals surface area (Å²) in [6, 6.07) is 1.17. The first-order valence-electron chi connectivity index (χ1n) is 9.77. The fourth-order valence-corrected chi connectivity index (χ4v) is 4.83. The number of halogens is 3. The van der Waals surface area contributed by atoms with E-state index in [-0.39, 0.29) is 11.5 Å². The molecule has 0 radical (unpaired) electrons. The Morgan fingerprint density at radius 3 is 2.90 bits per heavy atom. The number of H-pyrrole nitrogens is 1. The molecule has 0 aromatic carbocycles. The molecule has 1 saturated heterocycles. The number of hydrogen-bond donors (Lipinski definition) is 2. The second-order valence-corrected chi connectivity index (χ2v) is 8.05. The highest BCUT2D eigenvalue weighted by Gasteiger charge is 2.61. The van der Waals surface area contributed by atoms with Crippen molar-refractivity contribution in [2.75, 3.05) is 6.54 Å². The van der Waals surface area contributed by atoms with E-state index in [1.54, 1.807) is 17.2 Å². The van der Waals surface area contributed by atoms with Gasteiger partial charge in [0.2, 0.25) is 0 Å². The molecule has 158 valence electrons. The Kier molecular flexibility index (Phi) is 4.06. The Morgan fingerprint density at radius 2 is 2.13 bits per heavy atom. The van der Waals surface area contributed by atoms with Gasteiger partial charge < -0.3 is 10.6 Å². The van der Waals surface area contributed by atoms with Crippen molar-refractivity contribution < 1.29 is 18.0 Å². The molecule has 3 aromatic heterocycles. The van der Waals surface area contributed by atoms with Crippen LogP contribution in [-0.2, 0) is 6.54 Å². The molecule has 30 heavy (non-hydrogen) atoms. The zero-order valence-corrected chi connectivity index (χ0v) is 16.0. The number of alkyl halides is 3. The molecule has 2 fully saturated rings. The predicted molar refractivity (Wildman–Crippen MR) is 101 cm³/mol. The summed E-state index contributed by atoms with van der Waals surface area (Å²) in [5, 5.41) is 11.5. The molecule has 0 bridgehead atoms. The van der Waals surface area contributed by atoms with Gasteiger partial charge in [0.15, 0.2) is 0 Å². The SMILES string of the molecule is NC(=O)N1CCCCC12CC2c1cn[nH]c1-c1cc2c(cn1)cnn2CC(F)(F)F. The predicted octanol–water partition coefficient (Wildman–Crippen LogP) is 3.17. The van der Waals surface area contributed by atoms with Gasteiger partial charge in [0.1, 0.15) is 6.54 Å². The lowest BCUT2D eigenvalue weighted by atomic mass is 9.95. The van der Waals surface area contributed by atoms with Gasteiger partial charge >= 0.3 is 12.2 Å². The van der Waals surface area contributed by atoms with Gasteiger partial charge in [-0.3, -0.25) is 14.8 Å². The van der Waals surface area contributed by atoms with Crippen molar-refractivity contribution in [3.05, 3.63) is 30.2 Å². The van der Waals surface area contributed by atoms with E-state index in [1.807, 2.05) is 0 Å². The molecule has 3 aromatic rings. The number of nitrogens with zero attached hydrogens (tertiary/aromatic N) is 5. The van der Waals surface area contributed by atoms with Crippen LogP contribution in [0.4, 0.5) is 18.0 Å². The van der Waals surface area contributed by atoms with Crippen LogP contribution in [0.1, 0.15) is 37.2 Å². The van der Waals surface area contributed by atoms with Crippen molar-refractivity contribution in [3.8, 4) is 11.4 Å². The van der Waals surface area contributed by atoms with Gasteiger partial charge in [0, 0.05) is 29.6 Å². The standard InChI is InChI=1S/C19H20F3N7O/c20-19(21,22)10-29-15-5-14(24-7-11(15)8-26-29)16-12(9-25-27-16)13-6-18(13)3-1-2-4-28(18)17(23)30/h5,7-9,13H,1-4,6,10H2,(H2,23,30)(H,25,27). The van der Waals surface area contributed by atoms with Crippen molar-refractivity contribution in [2.24, 2.45) is 5.73 Å². The van der Waals surface area contributed by atoms with Crippen LogP contribution in [0.3, 0.4) is 0 Å². The third-order valence-corrected chi connectivity index (χ3v) is 6.25. The number of carbonyl (C=O) groups excluding carboxylic acids is 1. The highest BCUT2D eigenvalue weighted by molar-refractivity contribution is 5.82. The number of nitrogens with two attached hydrogens (primary N) is 1. The second-order valence-electron chi connectivity index (χ2n) is 8.05. The first-order valence-corrected chi connectivity index (χ1v) is 9.77. The average molecular weight is 419 g/mol. The molecule has 3 N–H and O–H groups in total. The van der Waals surface area contributed by atoms with Crippen LogP contribution in [0, 0.1) is 0 Å². The van der Waals surface area contributed by atoms with Gasteiger partial charge in [0.05, 0.1) is 34.8 Å². The molecule has 2 amide bonds. The summed E-state index contributed by atoms with van der Waals surface area (Å²) in [5.41, 5.74) is 7.70. The number of hydrogen-bond acceptors (Lipinski definition) is 4. The lowest BCUT2D eigenvalue weighted by molar-refractivity contribution is -0.141. The van der Waals surface area contributed by atoms with E-state index in [1.165, 1.54) is 12.4 Å². The summed E-state index contributed by atoms with van der Waals surface area (Å²) in [5.74, 6) is 0.0663. The molecule has 1 aliphatic carbocycles. The quantitative estimate of drug-likeness (QED) is 0.680.